The van der Waals surface area contributed by atoms with E-state index >= 15 is 0 Å². The largest absolute Gasteiger partial charge is 0.364 e. The van der Waals surface area contributed by atoms with E-state index in [2.05, 4.69) is 19.2 Å². The molecule has 0 fully saturated rings. The van der Waals surface area contributed by atoms with E-state index in [9.17, 15) is 4.79 Å². The second kappa shape index (κ2) is 5.00. The maximum atomic E-state index is 12.8. The average molecular weight is 266 g/mol. The number of fused-ring (bicyclic) bond motifs is 1. The number of nitrogens with one attached hydrogen (secondary N) is 1. The van der Waals surface area contributed by atoms with Crippen molar-refractivity contribution in [2.45, 2.75) is 20.0 Å². The standard InChI is InChI=1S/C17H18N2O/c1-12(2)16-18-15-11-7-6-10-14(15)17(20)19(16)13-8-4-3-5-9-13/h3-12,16,18H,1-2H3/t16-/m0/s1. The lowest BCUT2D eigenvalue weighted by Crippen LogP contribution is -2.51. The van der Waals surface area contributed by atoms with Crippen LogP contribution >= 0.6 is 0 Å². The van der Waals surface area contributed by atoms with Gasteiger partial charge in [-0.25, -0.2) is 0 Å². The molecular weight excluding hydrogens is 248 g/mol. The molecule has 0 aromatic heterocycles. The molecule has 1 N–H and O–H groups in total. The first kappa shape index (κ1) is 12.7. The number of anilines is 2. The van der Waals surface area contributed by atoms with E-state index in [1.165, 1.54) is 0 Å². The molecule has 1 aliphatic rings. The van der Waals surface area contributed by atoms with Gasteiger partial charge >= 0.3 is 0 Å². The van der Waals surface area contributed by atoms with Crippen molar-refractivity contribution in [3.05, 3.63) is 60.2 Å². The molecule has 1 atom stereocenters. The minimum atomic E-state index is -0.0280. The fourth-order valence-corrected chi connectivity index (χ4v) is 2.61. The molecule has 2 aromatic carbocycles. The van der Waals surface area contributed by atoms with Crippen LogP contribution in [0.1, 0.15) is 24.2 Å². The zero-order valence-corrected chi connectivity index (χ0v) is 11.7. The van der Waals surface area contributed by atoms with Gasteiger partial charge in [0.1, 0.15) is 6.17 Å². The second-order valence-electron chi connectivity index (χ2n) is 5.39. The number of rotatable bonds is 2. The van der Waals surface area contributed by atoms with Crippen LogP contribution in [0.4, 0.5) is 11.4 Å². The highest BCUT2D eigenvalue weighted by Crippen LogP contribution is 2.31. The Morgan fingerprint density at radius 2 is 1.65 bits per heavy atom. The van der Waals surface area contributed by atoms with Crippen molar-refractivity contribution >= 4 is 17.3 Å². The van der Waals surface area contributed by atoms with E-state index in [1.807, 2.05) is 59.5 Å². The summed E-state index contributed by atoms with van der Waals surface area (Å²) in [7, 11) is 0. The van der Waals surface area contributed by atoms with Crippen LogP contribution in [0.3, 0.4) is 0 Å². The number of benzene rings is 2. The van der Waals surface area contributed by atoms with Crippen molar-refractivity contribution in [1.82, 2.24) is 0 Å². The fourth-order valence-electron chi connectivity index (χ4n) is 2.61. The summed E-state index contributed by atoms with van der Waals surface area (Å²) < 4.78 is 0. The lowest BCUT2D eigenvalue weighted by Gasteiger charge is -2.40. The van der Waals surface area contributed by atoms with Crippen LogP contribution in [0.15, 0.2) is 54.6 Å². The molecule has 0 saturated carbocycles. The minimum Gasteiger partial charge on any atom is -0.364 e. The van der Waals surface area contributed by atoms with Gasteiger partial charge in [0.15, 0.2) is 0 Å². The summed E-state index contributed by atoms with van der Waals surface area (Å²) in [6, 6.07) is 17.5. The van der Waals surface area contributed by atoms with Crippen LogP contribution in [0.25, 0.3) is 0 Å². The molecule has 1 heterocycles. The van der Waals surface area contributed by atoms with Gasteiger partial charge in [0.25, 0.3) is 5.91 Å². The minimum absolute atomic E-state index is 0.0280. The quantitative estimate of drug-likeness (QED) is 0.898. The van der Waals surface area contributed by atoms with Crippen LogP contribution in [0, 0.1) is 5.92 Å². The second-order valence-corrected chi connectivity index (χ2v) is 5.39. The first-order valence-corrected chi connectivity index (χ1v) is 6.92. The number of hydrogen-bond donors (Lipinski definition) is 1. The van der Waals surface area contributed by atoms with Crippen LogP contribution in [-0.2, 0) is 0 Å². The number of hydrogen-bond acceptors (Lipinski definition) is 2. The SMILES string of the molecule is CC(C)[C@H]1Nc2ccccc2C(=O)N1c1ccccc1. The highest BCUT2D eigenvalue weighted by Gasteiger charge is 2.34. The highest BCUT2D eigenvalue weighted by atomic mass is 16.2. The molecule has 0 radical (unpaired) electrons. The summed E-state index contributed by atoms with van der Waals surface area (Å²) in [6.45, 7) is 4.24. The van der Waals surface area contributed by atoms with Gasteiger partial charge in [0.05, 0.1) is 5.56 Å². The zero-order valence-electron chi connectivity index (χ0n) is 11.7. The summed E-state index contributed by atoms with van der Waals surface area (Å²) in [6.07, 6.45) is -0.0280. The van der Waals surface area contributed by atoms with Gasteiger partial charge in [-0.05, 0) is 30.2 Å². The molecule has 1 aliphatic heterocycles. The lowest BCUT2D eigenvalue weighted by molar-refractivity contribution is 0.0968. The van der Waals surface area contributed by atoms with Gasteiger partial charge in [-0.15, -0.1) is 0 Å². The van der Waals surface area contributed by atoms with Crippen LogP contribution in [-0.4, -0.2) is 12.1 Å². The van der Waals surface area contributed by atoms with E-state index in [1.54, 1.807) is 0 Å². The van der Waals surface area contributed by atoms with Crippen molar-refractivity contribution in [1.29, 1.82) is 0 Å². The smallest absolute Gasteiger partial charge is 0.262 e. The number of nitrogens with zero attached hydrogens (tertiary/aromatic N) is 1. The zero-order chi connectivity index (χ0) is 14.1. The normalized spacial score (nSPS) is 17.9. The number of carbonyl (C=O) groups excluding carboxylic acids is 1. The highest BCUT2D eigenvalue weighted by molar-refractivity contribution is 6.12. The Hall–Kier alpha value is -2.29. The van der Waals surface area contributed by atoms with Gasteiger partial charge in [0, 0.05) is 11.4 Å². The first-order chi connectivity index (χ1) is 9.68. The molecule has 3 nitrogen and oxygen atoms in total. The molecular formula is C17H18N2O. The average Bonchev–Trinajstić information content (AvgIpc) is 2.48. The van der Waals surface area contributed by atoms with Gasteiger partial charge in [0.2, 0.25) is 0 Å². The van der Waals surface area contributed by atoms with Crippen molar-refractivity contribution in [2.24, 2.45) is 5.92 Å². The Morgan fingerprint density at radius 3 is 2.35 bits per heavy atom. The third kappa shape index (κ3) is 2.05. The molecule has 3 heteroatoms. The van der Waals surface area contributed by atoms with Gasteiger partial charge in [-0.2, -0.15) is 0 Å². The van der Waals surface area contributed by atoms with Gasteiger partial charge < -0.3 is 5.32 Å². The Labute approximate surface area is 119 Å². The van der Waals surface area contributed by atoms with Crippen LogP contribution < -0.4 is 10.2 Å². The molecule has 0 spiro atoms. The number of amides is 1. The predicted molar refractivity (Wildman–Crippen MR) is 81.9 cm³/mol. The maximum absolute atomic E-state index is 12.8. The summed E-state index contributed by atoms with van der Waals surface area (Å²) in [5.74, 6) is 0.372. The van der Waals surface area contributed by atoms with Crippen LogP contribution in [0.5, 0.6) is 0 Å². The monoisotopic (exact) mass is 266 g/mol. The summed E-state index contributed by atoms with van der Waals surface area (Å²) in [5.41, 5.74) is 2.58. The van der Waals surface area contributed by atoms with Crippen molar-refractivity contribution in [2.75, 3.05) is 10.2 Å². The molecule has 3 rings (SSSR count). The Kier molecular flexibility index (Phi) is 3.18. The number of carbonyl (C=O) groups is 1. The summed E-state index contributed by atoms with van der Waals surface area (Å²) >= 11 is 0. The first-order valence-electron chi connectivity index (χ1n) is 6.92. The van der Waals surface area contributed by atoms with Crippen molar-refractivity contribution in [3.8, 4) is 0 Å². The van der Waals surface area contributed by atoms with E-state index < -0.39 is 0 Å². The van der Waals surface area contributed by atoms with Gasteiger partial charge in [-0.3, -0.25) is 9.69 Å². The van der Waals surface area contributed by atoms with E-state index in [0.29, 0.717) is 5.92 Å². The van der Waals surface area contributed by atoms with Crippen molar-refractivity contribution in [3.63, 3.8) is 0 Å². The third-order valence-corrected chi connectivity index (χ3v) is 3.62. The third-order valence-electron chi connectivity index (χ3n) is 3.62. The van der Waals surface area contributed by atoms with E-state index in [0.717, 1.165) is 16.9 Å². The molecule has 0 unspecified atom stereocenters. The summed E-state index contributed by atoms with van der Waals surface area (Å²) in [4.78, 5) is 14.7. The molecule has 0 aliphatic carbocycles. The summed E-state index contributed by atoms with van der Waals surface area (Å²) in [5, 5.41) is 3.48. The topological polar surface area (TPSA) is 32.3 Å². The molecule has 20 heavy (non-hydrogen) atoms. The molecule has 1 amide bonds. The van der Waals surface area contributed by atoms with Crippen molar-refractivity contribution < 1.29 is 4.79 Å². The van der Waals surface area contributed by atoms with E-state index in [-0.39, 0.29) is 12.1 Å². The van der Waals surface area contributed by atoms with Gasteiger partial charge in [-0.1, -0.05) is 44.2 Å². The van der Waals surface area contributed by atoms with E-state index in [4.69, 9.17) is 0 Å². The maximum Gasteiger partial charge on any atom is 0.262 e. The Bertz CT molecular complexity index is 622. The Balaban J connectivity index is 2.10. The molecule has 2 aromatic rings. The Morgan fingerprint density at radius 1 is 1.00 bits per heavy atom. The fraction of sp³-hybridized carbons (Fsp3) is 0.235. The molecule has 102 valence electrons. The molecule has 0 saturated heterocycles. The lowest BCUT2D eigenvalue weighted by atomic mass is 10.0. The number of para-hydroxylation sites is 2. The molecule has 0 bridgehead atoms. The van der Waals surface area contributed by atoms with Crippen LogP contribution in [0.2, 0.25) is 0 Å². The predicted octanol–water partition coefficient (Wildman–Crippen LogP) is 3.74.